The molecule has 0 aromatic heterocycles. The molecule has 0 radical (unpaired) electrons. The van der Waals surface area contributed by atoms with E-state index >= 15 is 0 Å². The second-order valence-electron chi connectivity index (χ2n) is 4.91. The Morgan fingerprint density at radius 1 is 1.60 bits per heavy atom. The van der Waals surface area contributed by atoms with Gasteiger partial charge in [-0.3, -0.25) is 9.69 Å². The summed E-state index contributed by atoms with van der Waals surface area (Å²) in [4.78, 5) is 14.1. The lowest BCUT2D eigenvalue weighted by Gasteiger charge is -2.39. The van der Waals surface area contributed by atoms with Crippen LogP contribution in [-0.2, 0) is 4.79 Å². The maximum Gasteiger partial charge on any atom is 0.238 e. The number of carbonyl (C=O) groups is 1. The maximum absolute atomic E-state index is 13.1. The van der Waals surface area contributed by atoms with Crippen molar-refractivity contribution in [3.05, 3.63) is 34.6 Å². The summed E-state index contributed by atoms with van der Waals surface area (Å²) in [6, 6.07) is 4.10. The molecule has 2 N–H and O–H groups in total. The highest BCUT2D eigenvalue weighted by Gasteiger charge is 2.32. The van der Waals surface area contributed by atoms with E-state index in [1.165, 1.54) is 12.1 Å². The van der Waals surface area contributed by atoms with Crippen molar-refractivity contribution < 1.29 is 9.18 Å². The molecule has 110 valence electrons. The number of rotatable bonds is 3. The van der Waals surface area contributed by atoms with Gasteiger partial charge in [-0.15, -0.1) is 0 Å². The van der Waals surface area contributed by atoms with Crippen LogP contribution in [-0.4, -0.2) is 43.5 Å². The van der Waals surface area contributed by atoms with E-state index in [9.17, 15) is 9.18 Å². The molecule has 1 aromatic rings. The van der Waals surface area contributed by atoms with E-state index in [1.54, 1.807) is 13.1 Å². The van der Waals surface area contributed by atoms with Gasteiger partial charge >= 0.3 is 0 Å². The third-order valence-electron chi connectivity index (χ3n) is 3.74. The molecule has 0 saturated carbocycles. The largest absolute Gasteiger partial charge is 0.358 e. The van der Waals surface area contributed by atoms with Crippen LogP contribution in [0, 0.1) is 5.82 Å². The first-order chi connectivity index (χ1) is 9.54. The predicted octanol–water partition coefficient (Wildman–Crippen LogP) is 1.56. The molecule has 20 heavy (non-hydrogen) atoms. The minimum absolute atomic E-state index is 0.0257. The average molecular weight is 300 g/mol. The predicted molar refractivity (Wildman–Crippen MR) is 77.3 cm³/mol. The molecular formula is C14H19ClFN3O. The molecule has 1 amide bonds. The van der Waals surface area contributed by atoms with Crippen LogP contribution in [0.15, 0.2) is 18.2 Å². The minimum atomic E-state index is -0.353. The van der Waals surface area contributed by atoms with E-state index in [0.717, 1.165) is 18.7 Å². The van der Waals surface area contributed by atoms with Crippen LogP contribution >= 0.6 is 11.6 Å². The zero-order valence-corrected chi connectivity index (χ0v) is 12.4. The summed E-state index contributed by atoms with van der Waals surface area (Å²) in [5.74, 6) is -0.378. The molecule has 1 aromatic carbocycles. The van der Waals surface area contributed by atoms with Crippen molar-refractivity contribution in [2.75, 3.05) is 26.7 Å². The highest BCUT2D eigenvalue weighted by atomic mass is 35.5. The van der Waals surface area contributed by atoms with Gasteiger partial charge in [-0.2, -0.15) is 0 Å². The Labute approximate surface area is 123 Å². The van der Waals surface area contributed by atoms with Crippen molar-refractivity contribution in [1.29, 1.82) is 0 Å². The molecule has 0 aliphatic carbocycles. The number of amides is 1. The number of halogens is 2. The second kappa shape index (κ2) is 6.52. The number of hydrogen-bond donors (Lipinski definition) is 2. The summed E-state index contributed by atoms with van der Waals surface area (Å²) in [7, 11) is 1.63. The first kappa shape index (κ1) is 15.2. The third-order valence-corrected chi connectivity index (χ3v) is 4.07. The molecule has 1 aliphatic heterocycles. The van der Waals surface area contributed by atoms with Gasteiger partial charge in [0.05, 0.1) is 0 Å². The van der Waals surface area contributed by atoms with Gasteiger partial charge in [0.15, 0.2) is 0 Å². The summed E-state index contributed by atoms with van der Waals surface area (Å²) in [5.41, 5.74) is 0.837. The molecule has 1 heterocycles. The summed E-state index contributed by atoms with van der Waals surface area (Å²) < 4.78 is 13.1. The van der Waals surface area contributed by atoms with Crippen LogP contribution in [0.25, 0.3) is 0 Å². The molecule has 4 nitrogen and oxygen atoms in total. The Morgan fingerprint density at radius 3 is 3.00 bits per heavy atom. The number of hydrogen-bond acceptors (Lipinski definition) is 3. The Morgan fingerprint density at radius 2 is 2.35 bits per heavy atom. The van der Waals surface area contributed by atoms with Gasteiger partial charge in [0, 0.05) is 37.7 Å². The number of likely N-dealkylation sites (N-methyl/N-ethyl adjacent to an activating group) is 1. The number of carbonyl (C=O) groups excluding carboxylic acids is 1. The SMILES string of the molecule is CNC(=O)C1CNCCN1C(C)c1ccc(F)cc1Cl. The van der Waals surface area contributed by atoms with Crippen LogP contribution in [0.3, 0.4) is 0 Å². The van der Waals surface area contributed by atoms with Crippen molar-refractivity contribution in [3.63, 3.8) is 0 Å². The van der Waals surface area contributed by atoms with Crippen LogP contribution in [0.2, 0.25) is 5.02 Å². The smallest absolute Gasteiger partial charge is 0.238 e. The number of nitrogens with one attached hydrogen (secondary N) is 2. The molecule has 1 fully saturated rings. The number of benzene rings is 1. The van der Waals surface area contributed by atoms with Crippen molar-refractivity contribution >= 4 is 17.5 Å². The Bertz CT molecular complexity index is 497. The van der Waals surface area contributed by atoms with Gasteiger partial charge < -0.3 is 10.6 Å². The molecular weight excluding hydrogens is 281 g/mol. The lowest BCUT2D eigenvalue weighted by atomic mass is 10.0. The highest BCUT2D eigenvalue weighted by molar-refractivity contribution is 6.31. The molecule has 2 unspecified atom stereocenters. The quantitative estimate of drug-likeness (QED) is 0.890. The third kappa shape index (κ3) is 3.11. The van der Waals surface area contributed by atoms with Crippen molar-refractivity contribution in [1.82, 2.24) is 15.5 Å². The summed E-state index contributed by atoms with van der Waals surface area (Å²) in [6.07, 6.45) is 0. The van der Waals surface area contributed by atoms with Gasteiger partial charge in [0.2, 0.25) is 5.91 Å². The average Bonchev–Trinajstić information content (AvgIpc) is 2.46. The number of piperazine rings is 1. The van der Waals surface area contributed by atoms with Crippen LogP contribution < -0.4 is 10.6 Å². The summed E-state index contributed by atoms with van der Waals surface area (Å²) in [5, 5.41) is 6.29. The lowest BCUT2D eigenvalue weighted by molar-refractivity contribution is -0.127. The molecule has 2 atom stereocenters. The van der Waals surface area contributed by atoms with E-state index < -0.39 is 0 Å². The van der Waals surface area contributed by atoms with Crippen LogP contribution in [0.4, 0.5) is 4.39 Å². The number of nitrogens with zero attached hydrogens (tertiary/aromatic N) is 1. The van der Waals surface area contributed by atoms with Gasteiger partial charge in [-0.05, 0) is 24.6 Å². The van der Waals surface area contributed by atoms with E-state index in [4.69, 9.17) is 11.6 Å². The van der Waals surface area contributed by atoms with Crippen molar-refractivity contribution in [2.45, 2.75) is 19.0 Å². The van der Waals surface area contributed by atoms with E-state index in [-0.39, 0.29) is 23.8 Å². The van der Waals surface area contributed by atoms with Crippen LogP contribution in [0.1, 0.15) is 18.5 Å². The zero-order chi connectivity index (χ0) is 14.7. The fraction of sp³-hybridized carbons (Fsp3) is 0.500. The van der Waals surface area contributed by atoms with Crippen molar-refractivity contribution in [3.8, 4) is 0 Å². The Balaban J connectivity index is 2.25. The molecule has 0 spiro atoms. The fourth-order valence-corrected chi connectivity index (χ4v) is 2.94. The second-order valence-corrected chi connectivity index (χ2v) is 5.32. The van der Waals surface area contributed by atoms with E-state index in [0.29, 0.717) is 11.6 Å². The minimum Gasteiger partial charge on any atom is -0.358 e. The summed E-state index contributed by atoms with van der Waals surface area (Å²) >= 11 is 6.12. The first-order valence-electron chi connectivity index (χ1n) is 6.67. The highest BCUT2D eigenvalue weighted by Crippen LogP contribution is 2.29. The fourth-order valence-electron chi connectivity index (χ4n) is 2.61. The van der Waals surface area contributed by atoms with Crippen LogP contribution in [0.5, 0.6) is 0 Å². The maximum atomic E-state index is 13.1. The van der Waals surface area contributed by atoms with Gasteiger partial charge in [0.1, 0.15) is 11.9 Å². The van der Waals surface area contributed by atoms with Gasteiger partial charge in [-0.1, -0.05) is 17.7 Å². The van der Waals surface area contributed by atoms with E-state index in [1.807, 2.05) is 6.92 Å². The molecule has 2 rings (SSSR count). The molecule has 1 saturated heterocycles. The van der Waals surface area contributed by atoms with Gasteiger partial charge in [-0.25, -0.2) is 4.39 Å². The standard InChI is InChI=1S/C14H19ClFN3O/c1-9(11-4-3-10(16)7-12(11)15)19-6-5-18-8-13(19)14(20)17-2/h3-4,7,9,13,18H,5-6,8H2,1-2H3,(H,17,20). The zero-order valence-electron chi connectivity index (χ0n) is 11.6. The molecule has 6 heteroatoms. The monoisotopic (exact) mass is 299 g/mol. The topological polar surface area (TPSA) is 44.4 Å². The summed E-state index contributed by atoms with van der Waals surface area (Å²) in [6.45, 7) is 4.15. The van der Waals surface area contributed by atoms with E-state index in [2.05, 4.69) is 15.5 Å². The Hall–Kier alpha value is -1.17. The Kier molecular flexibility index (Phi) is 4.96. The normalized spacial score (nSPS) is 21.5. The lowest BCUT2D eigenvalue weighted by Crippen LogP contribution is -2.57. The molecule has 0 bridgehead atoms. The first-order valence-corrected chi connectivity index (χ1v) is 7.05. The molecule has 1 aliphatic rings. The van der Waals surface area contributed by atoms with Crippen molar-refractivity contribution in [2.24, 2.45) is 0 Å². The van der Waals surface area contributed by atoms with Gasteiger partial charge in [0.25, 0.3) is 0 Å².